The highest BCUT2D eigenvalue weighted by molar-refractivity contribution is 5.67. The summed E-state index contributed by atoms with van der Waals surface area (Å²) in [4.78, 5) is 15.4. The van der Waals surface area contributed by atoms with Crippen LogP contribution in [-0.4, -0.2) is 48.7 Å². The average Bonchev–Trinajstić information content (AvgIpc) is 2.78. The van der Waals surface area contributed by atoms with Gasteiger partial charge in [0.2, 0.25) is 0 Å². The maximum Gasteiger partial charge on any atom is 0.305 e. The van der Waals surface area contributed by atoms with E-state index in [-0.39, 0.29) is 6.42 Å². The summed E-state index contributed by atoms with van der Waals surface area (Å²) in [6, 6.07) is 8.78. The first kappa shape index (κ1) is 13.9. The van der Waals surface area contributed by atoms with E-state index in [2.05, 4.69) is 48.0 Å². The molecule has 0 radical (unpaired) electrons. The Hall–Kier alpha value is -1.55. The summed E-state index contributed by atoms with van der Waals surface area (Å²) >= 11 is 0. The van der Waals surface area contributed by atoms with Crippen molar-refractivity contribution < 1.29 is 9.90 Å². The fourth-order valence-electron chi connectivity index (χ4n) is 2.64. The van der Waals surface area contributed by atoms with Gasteiger partial charge < -0.3 is 14.9 Å². The topological polar surface area (TPSA) is 43.8 Å². The van der Waals surface area contributed by atoms with Crippen LogP contribution in [0.3, 0.4) is 0 Å². The molecule has 0 aliphatic carbocycles. The number of carbonyl (C=O) groups is 1. The van der Waals surface area contributed by atoms with Crippen LogP contribution in [0.2, 0.25) is 0 Å². The van der Waals surface area contributed by atoms with Gasteiger partial charge >= 0.3 is 5.97 Å². The minimum absolute atomic E-state index is 0.189. The Morgan fingerprint density at radius 2 is 2.11 bits per heavy atom. The standard InChI is InChI=1S/C15H22N2O2/c1-12-3-5-13(6-4-12)17(10-8-15(18)19)14-7-9-16(2)11-14/h3-6,14H,7-11H2,1-2H3,(H,18,19). The van der Waals surface area contributed by atoms with E-state index in [0.717, 1.165) is 25.2 Å². The second-order valence-corrected chi connectivity index (χ2v) is 5.38. The quantitative estimate of drug-likeness (QED) is 0.881. The molecule has 0 bridgehead atoms. The van der Waals surface area contributed by atoms with E-state index in [1.807, 2.05) is 0 Å². The predicted octanol–water partition coefficient (Wildman–Crippen LogP) is 1.98. The molecule has 2 rings (SSSR count). The van der Waals surface area contributed by atoms with Crippen molar-refractivity contribution in [3.05, 3.63) is 29.8 Å². The summed E-state index contributed by atoms with van der Waals surface area (Å²) < 4.78 is 0. The third-order valence-electron chi connectivity index (χ3n) is 3.74. The number of carboxylic acids is 1. The van der Waals surface area contributed by atoms with Crippen molar-refractivity contribution >= 4 is 11.7 Å². The van der Waals surface area contributed by atoms with E-state index in [1.165, 1.54) is 5.56 Å². The van der Waals surface area contributed by atoms with Crippen LogP contribution in [-0.2, 0) is 4.79 Å². The largest absolute Gasteiger partial charge is 0.481 e. The van der Waals surface area contributed by atoms with Gasteiger partial charge in [-0.25, -0.2) is 0 Å². The summed E-state index contributed by atoms with van der Waals surface area (Å²) in [6.07, 6.45) is 1.29. The number of aryl methyl sites for hydroxylation is 1. The summed E-state index contributed by atoms with van der Waals surface area (Å²) in [5, 5.41) is 8.91. The summed E-state index contributed by atoms with van der Waals surface area (Å²) in [7, 11) is 2.12. The Balaban J connectivity index is 2.13. The maximum atomic E-state index is 10.8. The van der Waals surface area contributed by atoms with Gasteiger partial charge in [0.15, 0.2) is 0 Å². The van der Waals surface area contributed by atoms with Crippen LogP contribution < -0.4 is 4.90 Å². The Labute approximate surface area is 114 Å². The van der Waals surface area contributed by atoms with Gasteiger partial charge in [0, 0.05) is 24.8 Å². The van der Waals surface area contributed by atoms with Gasteiger partial charge in [0.1, 0.15) is 0 Å². The summed E-state index contributed by atoms with van der Waals surface area (Å²) in [6.45, 7) is 4.74. The molecule has 1 aromatic rings. The van der Waals surface area contributed by atoms with Gasteiger partial charge in [-0.3, -0.25) is 4.79 Å². The lowest BCUT2D eigenvalue weighted by Gasteiger charge is -2.31. The lowest BCUT2D eigenvalue weighted by Crippen LogP contribution is -2.38. The zero-order valence-electron chi connectivity index (χ0n) is 11.7. The van der Waals surface area contributed by atoms with Crippen molar-refractivity contribution in [2.75, 3.05) is 31.6 Å². The molecular formula is C15H22N2O2. The van der Waals surface area contributed by atoms with Crippen LogP contribution in [0.25, 0.3) is 0 Å². The van der Waals surface area contributed by atoms with Crippen LogP contribution >= 0.6 is 0 Å². The number of likely N-dealkylation sites (tertiary alicyclic amines) is 1. The molecule has 19 heavy (non-hydrogen) atoms. The van der Waals surface area contributed by atoms with Crippen molar-refractivity contribution in [1.29, 1.82) is 0 Å². The molecule has 1 aliphatic rings. The Bertz CT molecular complexity index is 430. The zero-order chi connectivity index (χ0) is 13.8. The lowest BCUT2D eigenvalue weighted by molar-refractivity contribution is -0.136. The molecule has 1 heterocycles. The van der Waals surface area contributed by atoms with Crippen molar-refractivity contribution in [3.8, 4) is 0 Å². The van der Waals surface area contributed by atoms with Gasteiger partial charge in [-0.05, 0) is 39.1 Å². The molecular weight excluding hydrogens is 240 g/mol. The third kappa shape index (κ3) is 3.70. The SMILES string of the molecule is Cc1ccc(N(CCC(=O)O)C2CCN(C)C2)cc1. The van der Waals surface area contributed by atoms with E-state index >= 15 is 0 Å². The fourth-order valence-corrected chi connectivity index (χ4v) is 2.64. The molecule has 1 N–H and O–H groups in total. The van der Waals surface area contributed by atoms with Crippen molar-refractivity contribution in [2.24, 2.45) is 0 Å². The molecule has 104 valence electrons. The first-order valence-corrected chi connectivity index (χ1v) is 6.80. The molecule has 1 saturated heterocycles. The van der Waals surface area contributed by atoms with Gasteiger partial charge in [0.25, 0.3) is 0 Å². The zero-order valence-corrected chi connectivity index (χ0v) is 11.7. The number of carboxylic acid groups (broad SMARTS) is 1. The van der Waals surface area contributed by atoms with Crippen LogP contribution in [0.4, 0.5) is 5.69 Å². The Kier molecular flexibility index (Phi) is 4.43. The summed E-state index contributed by atoms with van der Waals surface area (Å²) in [5.41, 5.74) is 2.36. The molecule has 0 saturated carbocycles. The van der Waals surface area contributed by atoms with E-state index in [1.54, 1.807) is 0 Å². The second kappa shape index (κ2) is 6.06. The molecule has 0 aromatic heterocycles. The highest BCUT2D eigenvalue weighted by Crippen LogP contribution is 2.23. The molecule has 0 spiro atoms. The minimum Gasteiger partial charge on any atom is -0.481 e. The predicted molar refractivity (Wildman–Crippen MR) is 76.7 cm³/mol. The van der Waals surface area contributed by atoms with Crippen LogP contribution in [0.15, 0.2) is 24.3 Å². The number of aliphatic carboxylic acids is 1. The first-order valence-electron chi connectivity index (χ1n) is 6.80. The molecule has 4 nitrogen and oxygen atoms in total. The van der Waals surface area contributed by atoms with Crippen molar-refractivity contribution in [1.82, 2.24) is 4.90 Å². The van der Waals surface area contributed by atoms with Gasteiger partial charge in [0.05, 0.1) is 6.42 Å². The lowest BCUT2D eigenvalue weighted by atomic mass is 10.1. The van der Waals surface area contributed by atoms with Crippen molar-refractivity contribution in [3.63, 3.8) is 0 Å². The smallest absolute Gasteiger partial charge is 0.305 e. The number of benzene rings is 1. The number of hydrogen-bond donors (Lipinski definition) is 1. The molecule has 1 aromatic carbocycles. The van der Waals surface area contributed by atoms with Gasteiger partial charge in [-0.2, -0.15) is 0 Å². The summed E-state index contributed by atoms with van der Waals surface area (Å²) in [5.74, 6) is -0.733. The fraction of sp³-hybridized carbons (Fsp3) is 0.533. The van der Waals surface area contributed by atoms with Crippen molar-refractivity contribution in [2.45, 2.75) is 25.8 Å². The van der Waals surface area contributed by atoms with E-state index in [0.29, 0.717) is 12.6 Å². The molecule has 4 heteroatoms. The van der Waals surface area contributed by atoms with Gasteiger partial charge in [-0.15, -0.1) is 0 Å². The highest BCUT2D eigenvalue weighted by atomic mass is 16.4. The van der Waals surface area contributed by atoms with Crippen LogP contribution in [0, 0.1) is 6.92 Å². The van der Waals surface area contributed by atoms with Gasteiger partial charge in [-0.1, -0.05) is 17.7 Å². The number of rotatable bonds is 5. The number of likely N-dealkylation sites (N-methyl/N-ethyl adjacent to an activating group) is 1. The molecule has 1 aliphatic heterocycles. The molecule has 0 amide bonds. The van der Waals surface area contributed by atoms with Crippen LogP contribution in [0.5, 0.6) is 0 Å². The molecule has 1 unspecified atom stereocenters. The average molecular weight is 262 g/mol. The number of hydrogen-bond acceptors (Lipinski definition) is 3. The Morgan fingerprint density at radius 3 is 2.63 bits per heavy atom. The molecule has 1 fully saturated rings. The Morgan fingerprint density at radius 1 is 1.42 bits per heavy atom. The number of nitrogens with zero attached hydrogens (tertiary/aromatic N) is 2. The van der Waals surface area contributed by atoms with E-state index in [4.69, 9.17) is 5.11 Å². The van der Waals surface area contributed by atoms with E-state index in [9.17, 15) is 4.79 Å². The van der Waals surface area contributed by atoms with E-state index < -0.39 is 5.97 Å². The highest BCUT2D eigenvalue weighted by Gasteiger charge is 2.26. The minimum atomic E-state index is -0.733. The monoisotopic (exact) mass is 262 g/mol. The number of anilines is 1. The second-order valence-electron chi connectivity index (χ2n) is 5.38. The first-order chi connectivity index (χ1) is 9.06. The maximum absolute atomic E-state index is 10.8. The third-order valence-corrected chi connectivity index (χ3v) is 3.74. The molecule has 1 atom stereocenters. The van der Waals surface area contributed by atoms with Crippen LogP contribution in [0.1, 0.15) is 18.4 Å². The normalized spacial score (nSPS) is 19.6.